The van der Waals surface area contributed by atoms with Crippen LogP contribution in [0.2, 0.25) is 0 Å². The Kier molecular flexibility index (Phi) is 5.80. The molecule has 0 spiro atoms. The SMILES string of the molecule is CCC1CCCCN1C(=O)CN(C(C)=O)c1cccc(C)c1C. The fourth-order valence-corrected chi connectivity index (χ4v) is 3.37. The lowest BCUT2D eigenvalue weighted by Crippen LogP contribution is -2.48. The second kappa shape index (κ2) is 7.62. The van der Waals surface area contributed by atoms with Gasteiger partial charge in [0.2, 0.25) is 11.8 Å². The molecule has 1 aliphatic heterocycles. The maximum absolute atomic E-state index is 12.8. The lowest BCUT2D eigenvalue weighted by Gasteiger charge is -2.36. The Hall–Kier alpha value is -1.84. The molecule has 1 heterocycles. The summed E-state index contributed by atoms with van der Waals surface area (Å²) in [6.45, 7) is 8.63. The van der Waals surface area contributed by atoms with E-state index in [2.05, 4.69) is 6.92 Å². The highest BCUT2D eigenvalue weighted by molar-refractivity contribution is 5.98. The Bertz CT molecular complexity index is 583. The third-order valence-corrected chi connectivity index (χ3v) is 4.96. The highest BCUT2D eigenvalue weighted by atomic mass is 16.2. The van der Waals surface area contributed by atoms with Gasteiger partial charge in [0.25, 0.3) is 0 Å². The van der Waals surface area contributed by atoms with Crippen molar-refractivity contribution in [1.29, 1.82) is 0 Å². The van der Waals surface area contributed by atoms with Gasteiger partial charge in [0.1, 0.15) is 6.54 Å². The number of benzene rings is 1. The van der Waals surface area contributed by atoms with Crippen LogP contribution in [0.1, 0.15) is 50.7 Å². The predicted molar refractivity (Wildman–Crippen MR) is 93.6 cm³/mol. The molecular formula is C19H28N2O2. The van der Waals surface area contributed by atoms with Gasteiger partial charge >= 0.3 is 0 Å². The minimum absolute atomic E-state index is 0.0626. The molecule has 1 unspecified atom stereocenters. The first-order chi connectivity index (χ1) is 11.0. The van der Waals surface area contributed by atoms with Crippen molar-refractivity contribution >= 4 is 17.5 Å². The fourth-order valence-electron chi connectivity index (χ4n) is 3.37. The number of carbonyl (C=O) groups excluding carboxylic acids is 2. The quantitative estimate of drug-likeness (QED) is 0.853. The van der Waals surface area contributed by atoms with Crippen LogP contribution in [0.5, 0.6) is 0 Å². The van der Waals surface area contributed by atoms with Gasteiger partial charge in [-0.1, -0.05) is 19.1 Å². The molecule has 1 aromatic rings. The number of rotatable bonds is 4. The third kappa shape index (κ3) is 3.92. The molecule has 0 aliphatic carbocycles. The highest BCUT2D eigenvalue weighted by Crippen LogP contribution is 2.24. The van der Waals surface area contributed by atoms with E-state index in [1.54, 1.807) is 4.90 Å². The lowest BCUT2D eigenvalue weighted by atomic mass is 10.00. The molecule has 0 aromatic heterocycles. The molecule has 0 bridgehead atoms. The molecule has 23 heavy (non-hydrogen) atoms. The molecule has 2 amide bonds. The maximum Gasteiger partial charge on any atom is 0.242 e. The van der Waals surface area contributed by atoms with Gasteiger partial charge in [-0.3, -0.25) is 9.59 Å². The minimum atomic E-state index is -0.0860. The lowest BCUT2D eigenvalue weighted by molar-refractivity contribution is -0.134. The van der Waals surface area contributed by atoms with E-state index in [1.807, 2.05) is 36.9 Å². The summed E-state index contributed by atoms with van der Waals surface area (Å²) in [5.74, 6) is -0.0234. The third-order valence-electron chi connectivity index (χ3n) is 4.96. The van der Waals surface area contributed by atoms with Crippen molar-refractivity contribution < 1.29 is 9.59 Å². The molecule has 1 atom stereocenters. The van der Waals surface area contributed by atoms with Crippen LogP contribution in [0, 0.1) is 13.8 Å². The predicted octanol–water partition coefficient (Wildman–Crippen LogP) is 3.45. The molecule has 126 valence electrons. The van der Waals surface area contributed by atoms with Gasteiger partial charge in [-0.15, -0.1) is 0 Å². The fraction of sp³-hybridized carbons (Fsp3) is 0.579. The molecule has 0 N–H and O–H groups in total. The number of hydrogen-bond acceptors (Lipinski definition) is 2. The van der Waals surface area contributed by atoms with Crippen LogP contribution in [0.4, 0.5) is 5.69 Å². The van der Waals surface area contributed by atoms with E-state index in [0.29, 0.717) is 6.04 Å². The molecule has 0 radical (unpaired) electrons. The summed E-state index contributed by atoms with van der Waals surface area (Å²) in [6, 6.07) is 6.21. The van der Waals surface area contributed by atoms with Crippen LogP contribution in [0.25, 0.3) is 0 Å². The zero-order chi connectivity index (χ0) is 17.0. The highest BCUT2D eigenvalue weighted by Gasteiger charge is 2.28. The topological polar surface area (TPSA) is 40.6 Å². The molecule has 1 fully saturated rings. The van der Waals surface area contributed by atoms with E-state index in [-0.39, 0.29) is 18.4 Å². The number of piperidine rings is 1. The van der Waals surface area contributed by atoms with Gasteiger partial charge in [-0.2, -0.15) is 0 Å². The monoisotopic (exact) mass is 316 g/mol. The number of aryl methyl sites for hydroxylation is 1. The van der Waals surface area contributed by atoms with Crippen LogP contribution in [0.3, 0.4) is 0 Å². The molecule has 4 nitrogen and oxygen atoms in total. The first-order valence-corrected chi connectivity index (χ1v) is 8.59. The van der Waals surface area contributed by atoms with Gasteiger partial charge < -0.3 is 9.80 Å². The van der Waals surface area contributed by atoms with E-state index in [0.717, 1.165) is 42.6 Å². The van der Waals surface area contributed by atoms with Gasteiger partial charge in [0, 0.05) is 25.2 Å². The average molecular weight is 316 g/mol. The number of likely N-dealkylation sites (tertiary alicyclic amines) is 1. The smallest absolute Gasteiger partial charge is 0.242 e. The molecular weight excluding hydrogens is 288 g/mol. The van der Waals surface area contributed by atoms with Crippen LogP contribution >= 0.6 is 0 Å². The Morgan fingerprint density at radius 2 is 2.00 bits per heavy atom. The van der Waals surface area contributed by atoms with Crippen LogP contribution in [-0.4, -0.2) is 35.8 Å². The number of carbonyl (C=O) groups is 2. The molecule has 1 aliphatic rings. The Balaban J connectivity index is 2.21. The zero-order valence-electron chi connectivity index (χ0n) is 14.8. The first kappa shape index (κ1) is 17.5. The number of nitrogens with zero attached hydrogens (tertiary/aromatic N) is 2. The van der Waals surface area contributed by atoms with Crippen molar-refractivity contribution in [2.24, 2.45) is 0 Å². The van der Waals surface area contributed by atoms with Gasteiger partial charge in [0.05, 0.1) is 0 Å². The van der Waals surface area contributed by atoms with E-state index in [1.165, 1.54) is 13.3 Å². The summed E-state index contributed by atoms with van der Waals surface area (Å²) in [6.07, 6.45) is 4.31. The number of anilines is 1. The summed E-state index contributed by atoms with van der Waals surface area (Å²) in [7, 11) is 0. The summed E-state index contributed by atoms with van der Waals surface area (Å²) in [5, 5.41) is 0. The molecule has 4 heteroatoms. The Morgan fingerprint density at radius 1 is 1.26 bits per heavy atom. The van der Waals surface area contributed by atoms with Crippen molar-refractivity contribution in [3.8, 4) is 0 Å². The van der Waals surface area contributed by atoms with Crippen LogP contribution in [0.15, 0.2) is 18.2 Å². The van der Waals surface area contributed by atoms with Crippen LogP contribution < -0.4 is 4.90 Å². The summed E-state index contributed by atoms with van der Waals surface area (Å²) in [4.78, 5) is 28.5. The van der Waals surface area contributed by atoms with E-state index in [9.17, 15) is 9.59 Å². The van der Waals surface area contributed by atoms with Gasteiger partial charge in [0.15, 0.2) is 0 Å². The average Bonchev–Trinajstić information content (AvgIpc) is 2.55. The second-order valence-electron chi connectivity index (χ2n) is 6.47. The largest absolute Gasteiger partial charge is 0.338 e. The first-order valence-electron chi connectivity index (χ1n) is 8.59. The molecule has 0 saturated carbocycles. The standard InChI is InChI=1S/C19H28N2O2/c1-5-17-10-6-7-12-20(17)19(23)13-21(16(4)22)18-11-8-9-14(2)15(18)3/h8-9,11,17H,5-7,10,12-13H2,1-4H3. The van der Waals surface area contributed by atoms with Crippen molar-refractivity contribution in [1.82, 2.24) is 4.90 Å². The van der Waals surface area contributed by atoms with Gasteiger partial charge in [-0.25, -0.2) is 0 Å². The maximum atomic E-state index is 12.8. The Morgan fingerprint density at radius 3 is 2.65 bits per heavy atom. The van der Waals surface area contributed by atoms with E-state index in [4.69, 9.17) is 0 Å². The number of amides is 2. The van der Waals surface area contributed by atoms with Crippen molar-refractivity contribution in [3.63, 3.8) is 0 Å². The molecule has 1 saturated heterocycles. The minimum Gasteiger partial charge on any atom is -0.338 e. The van der Waals surface area contributed by atoms with Gasteiger partial charge in [-0.05, 0) is 56.7 Å². The van der Waals surface area contributed by atoms with Crippen molar-refractivity contribution in [2.45, 2.75) is 59.4 Å². The van der Waals surface area contributed by atoms with Crippen molar-refractivity contribution in [2.75, 3.05) is 18.0 Å². The van der Waals surface area contributed by atoms with E-state index >= 15 is 0 Å². The second-order valence-corrected chi connectivity index (χ2v) is 6.47. The normalized spacial score (nSPS) is 17.9. The summed E-state index contributed by atoms with van der Waals surface area (Å²) < 4.78 is 0. The van der Waals surface area contributed by atoms with E-state index < -0.39 is 0 Å². The zero-order valence-corrected chi connectivity index (χ0v) is 14.8. The Labute approximate surface area is 139 Å². The van der Waals surface area contributed by atoms with Crippen LogP contribution in [-0.2, 0) is 9.59 Å². The van der Waals surface area contributed by atoms with Crippen molar-refractivity contribution in [3.05, 3.63) is 29.3 Å². The molecule has 1 aromatic carbocycles. The molecule has 2 rings (SSSR count). The number of hydrogen-bond donors (Lipinski definition) is 0. The summed E-state index contributed by atoms with van der Waals surface area (Å²) >= 11 is 0. The summed E-state index contributed by atoms with van der Waals surface area (Å²) in [5.41, 5.74) is 3.03.